The molecule has 1 aliphatic heterocycles. The summed E-state index contributed by atoms with van der Waals surface area (Å²) in [6.07, 6.45) is 5.30. The number of Topliss-reactive ketones (excluding diaryl/α,β-unsaturated/α-hetero) is 1. The summed E-state index contributed by atoms with van der Waals surface area (Å²) in [5, 5.41) is 3.34. The molecule has 7 heteroatoms. The zero-order valence-electron chi connectivity index (χ0n) is 17.3. The number of hydrogen-bond acceptors (Lipinski definition) is 6. The van der Waals surface area contributed by atoms with E-state index in [9.17, 15) is 4.79 Å². The van der Waals surface area contributed by atoms with Gasteiger partial charge in [-0.1, -0.05) is 6.92 Å². The van der Waals surface area contributed by atoms with Gasteiger partial charge in [0.25, 0.3) is 0 Å². The SMILES string of the molecule is COc1cc(-c2cnc3[nH]cc(C(=O)C4(C)CCCNC4)c3n2)cc(C)c1OC. The second kappa shape index (κ2) is 7.48. The number of nitrogens with zero attached hydrogens (tertiary/aromatic N) is 2. The Morgan fingerprint density at radius 2 is 2.07 bits per heavy atom. The van der Waals surface area contributed by atoms with Crippen molar-refractivity contribution < 1.29 is 14.3 Å². The molecule has 152 valence electrons. The molecule has 1 aliphatic rings. The number of nitrogens with one attached hydrogen (secondary N) is 2. The van der Waals surface area contributed by atoms with Gasteiger partial charge in [-0.2, -0.15) is 0 Å². The van der Waals surface area contributed by atoms with Crippen LogP contribution in [0.4, 0.5) is 0 Å². The minimum Gasteiger partial charge on any atom is -0.493 e. The minimum atomic E-state index is -0.426. The summed E-state index contributed by atoms with van der Waals surface area (Å²) in [5.41, 5.74) is 3.87. The van der Waals surface area contributed by atoms with Crippen LogP contribution >= 0.6 is 0 Å². The molecule has 7 nitrogen and oxygen atoms in total. The molecule has 4 rings (SSSR count). The Balaban J connectivity index is 1.78. The zero-order chi connectivity index (χ0) is 20.6. The molecular formula is C22H26N4O3. The van der Waals surface area contributed by atoms with E-state index >= 15 is 0 Å². The van der Waals surface area contributed by atoms with Crippen LogP contribution in [-0.2, 0) is 0 Å². The number of H-pyrrole nitrogens is 1. The van der Waals surface area contributed by atoms with Crippen LogP contribution in [0.1, 0.15) is 35.7 Å². The van der Waals surface area contributed by atoms with Crippen LogP contribution in [0, 0.1) is 12.3 Å². The first-order valence-electron chi connectivity index (χ1n) is 9.79. The molecule has 0 aliphatic carbocycles. The van der Waals surface area contributed by atoms with Crippen LogP contribution in [0.25, 0.3) is 22.4 Å². The van der Waals surface area contributed by atoms with Crippen molar-refractivity contribution in [2.75, 3.05) is 27.3 Å². The summed E-state index contributed by atoms with van der Waals surface area (Å²) in [6.45, 7) is 5.62. The number of benzene rings is 1. The molecule has 1 aromatic carbocycles. The quantitative estimate of drug-likeness (QED) is 0.644. The standard InChI is InChI=1S/C22H26N4O3/c1-13-8-14(9-17(28-3)19(13)29-4)16-11-25-21-18(26-16)15(10-24-21)20(27)22(2)6-5-7-23-12-22/h8-11,23H,5-7,12H2,1-4H3,(H,24,25). The Morgan fingerprint density at radius 3 is 2.76 bits per heavy atom. The third-order valence-corrected chi connectivity index (χ3v) is 5.73. The number of ether oxygens (including phenoxy) is 2. The summed E-state index contributed by atoms with van der Waals surface area (Å²) >= 11 is 0. The van der Waals surface area contributed by atoms with Crippen molar-refractivity contribution in [2.45, 2.75) is 26.7 Å². The predicted molar refractivity (Wildman–Crippen MR) is 112 cm³/mol. The van der Waals surface area contributed by atoms with Gasteiger partial charge in [-0.25, -0.2) is 9.97 Å². The van der Waals surface area contributed by atoms with Crippen molar-refractivity contribution in [3.8, 4) is 22.8 Å². The molecule has 0 bridgehead atoms. The molecule has 1 fully saturated rings. The molecule has 2 N–H and O–H groups in total. The fourth-order valence-electron chi connectivity index (χ4n) is 4.08. The molecule has 0 radical (unpaired) electrons. The smallest absolute Gasteiger partial charge is 0.173 e. The molecule has 1 saturated heterocycles. The molecule has 2 aromatic heterocycles. The largest absolute Gasteiger partial charge is 0.493 e. The van der Waals surface area contributed by atoms with Crippen LogP contribution < -0.4 is 14.8 Å². The maximum absolute atomic E-state index is 13.3. The lowest BCUT2D eigenvalue weighted by Gasteiger charge is -2.32. The summed E-state index contributed by atoms with van der Waals surface area (Å²) in [7, 11) is 3.23. The number of hydrogen-bond donors (Lipinski definition) is 2. The van der Waals surface area contributed by atoms with E-state index in [0.29, 0.717) is 40.5 Å². The van der Waals surface area contributed by atoms with Crippen molar-refractivity contribution in [1.29, 1.82) is 0 Å². The maximum Gasteiger partial charge on any atom is 0.173 e. The van der Waals surface area contributed by atoms with Gasteiger partial charge in [-0.3, -0.25) is 4.79 Å². The summed E-state index contributed by atoms with van der Waals surface area (Å²) < 4.78 is 10.9. The normalized spacial score (nSPS) is 19.3. The van der Waals surface area contributed by atoms with Gasteiger partial charge in [0, 0.05) is 23.7 Å². The van der Waals surface area contributed by atoms with Gasteiger partial charge in [0.05, 0.1) is 31.7 Å². The van der Waals surface area contributed by atoms with E-state index in [1.165, 1.54) is 0 Å². The van der Waals surface area contributed by atoms with Crippen molar-refractivity contribution in [2.24, 2.45) is 5.41 Å². The van der Waals surface area contributed by atoms with E-state index in [0.717, 1.165) is 30.5 Å². The van der Waals surface area contributed by atoms with E-state index in [1.54, 1.807) is 26.6 Å². The molecule has 0 saturated carbocycles. The van der Waals surface area contributed by atoms with E-state index in [-0.39, 0.29) is 5.78 Å². The Labute approximate surface area is 169 Å². The summed E-state index contributed by atoms with van der Waals surface area (Å²) in [6, 6.07) is 3.86. The average Bonchev–Trinajstić information content (AvgIpc) is 3.16. The van der Waals surface area contributed by atoms with Gasteiger partial charge in [0.15, 0.2) is 22.9 Å². The lowest BCUT2D eigenvalue weighted by molar-refractivity contribution is 0.0774. The number of aromatic amines is 1. The molecule has 0 spiro atoms. The predicted octanol–water partition coefficient (Wildman–Crippen LogP) is 3.52. The van der Waals surface area contributed by atoms with E-state index in [1.807, 2.05) is 26.0 Å². The van der Waals surface area contributed by atoms with Crippen LogP contribution in [0.3, 0.4) is 0 Å². The maximum atomic E-state index is 13.3. The van der Waals surface area contributed by atoms with Gasteiger partial charge in [-0.15, -0.1) is 0 Å². The van der Waals surface area contributed by atoms with Crippen molar-refractivity contribution in [1.82, 2.24) is 20.3 Å². The highest BCUT2D eigenvalue weighted by atomic mass is 16.5. The number of carbonyl (C=O) groups excluding carboxylic acids is 1. The van der Waals surface area contributed by atoms with Gasteiger partial charge < -0.3 is 19.8 Å². The monoisotopic (exact) mass is 394 g/mol. The summed E-state index contributed by atoms with van der Waals surface area (Å²) in [4.78, 5) is 25.7. The minimum absolute atomic E-state index is 0.103. The van der Waals surface area contributed by atoms with E-state index in [2.05, 4.69) is 15.3 Å². The zero-order valence-corrected chi connectivity index (χ0v) is 17.3. The van der Waals surface area contributed by atoms with Crippen molar-refractivity contribution in [3.63, 3.8) is 0 Å². The molecule has 29 heavy (non-hydrogen) atoms. The van der Waals surface area contributed by atoms with Crippen LogP contribution in [0.15, 0.2) is 24.5 Å². The second-order valence-electron chi connectivity index (χ2n) is 7.85. The Hall–Kier alpha value is -2.93. The molecule has 0 amide bonds. The second-order valence-corrected chi connectivity index (χ2v) is 7.85. The van der Waals surface area contributed by atoms with Gasteiger partial charge in [-0.05, 0) is 44.0 Å². The number of ketones is 1. The Bertz CT molecular complexity index is 1070. The Morgan fingerprint density at radius 1 is 1.24 bits per heavy atom. The first-order chi connectivity index (χ1) is 14.0. The number of fused-ring (bicyclic) bond motifs is 1. The molecule has 3 aromatic rings. The average molecular weight is 394 g/mol. The molecule has 1 unspecified atom stereocenters. The summed E-state index contributed by atoms with van der Waals surface area (Å²) in [5.74, 6) is 1.43. The van der Waals surface area contributed by atoms with Crippen LogP contribution in [0.2, 0.25) is 0 Å². The van der Waals surface area contributed by atoms with Gasteiger partial charge >= 0.3 is 0 Å². The topological polar surface area (TPSA) is 89.1 Å². The third kappa shape index (κ3) is 3.35. The molecular weight excluding hydrogens is 368 g/mol. The van der Waals surface area contributed by atoms with Crippen molar-refractivity contribution >= 4 is 16.9 Å². The highest BCUT2D eigenvalue weighted by Crippen LogP contribution is 2.36. The Kier molecular flexibility index (Phi) is 5.00. The van der Waals surface area contributed by atoms with Gasteiger partial charge in [0.2, 0.25) is 0 Å². The number of carbonyl (C=O) groups is 1. The molecule has 1 atom stereocenters. The number of rotatable bonds is 5. The third-order valence-electron chi connectivity index (χ3n) is 5.73. The highest BCUT2D eigenvalue weighted by molar-refractivity contribution is 6.09. The van der Waals surface area contributed by atoms with Gasteiger partial charge in [0.1, 0.15) is 5.52 Å². The van der Waals surface area contributed by atoms with Crippen molar-refractivity contribution in [3.05, 3.63) is 35.7 Å². The first-order valence-corrected chi connectivity index (χ1v) is 9.79. The van der Waals surface area contributed by atoms with Crippen LogP contribution in [0.5, 0.6) is 11.5 Å². The fourth-order valence-corrected chi connectivity index (χ4v) is 4.08. The highest BCUT2D eigenvalue weighted by Gasteiger charge is 2.36. The first kappa shape index (κ1) is 19.4. The number of aryl methyl sites for hydroxylation is 1. The van der Waals surface area contributed by atoms with E-state index in [4.69, 9.17) is 14.5 Å². The number of aromatic nitrogens is 3. The molecule has 3 heterocycles. The number of methoxy groups -OCH3 is 2. The lowest BCUT2D eigenvalue weighted by Crippen LogP contribution is -2.43. The number of piperidine rings is 1. The van der Waals surface area contributed by atoms with E-state index < -0.39 is 5.41 Å². The van der Waals surface area contributed by atoms with Crippen LogP contribution in [-0.4, -0.2) is 48.0 Å². The fraction of sp³-hybridized carbons (Fsp3) is 0.409. The lowest BCUT2D eigenvalue weighted by atomic mass is 9.77.